The number of hydrogen-bond acceptors (Lipinski definition) is 8. The molecule has 1 aromatic heterocycles. The third-order valence-electron chi connectivity index (χ3n) is 7.23. The van der Waals surface area contributed by atoms with Crippen LogP contribution < -0.4 is 19.7 Å². The molecule has 3 aromatic rings. The number of benzene rings is 2. The number of carbonyl (C=O) groups is 2. The predicted molar refractivity (Wildman–Crippen MR) is 149 cm³/mol. The first-order valence-corrected chi connectivity index (χ1v) is 13.5. The largest absolute Gasteiger partial charge is 0.496 e. The molecule has 0 unspecified atom stereocenters. The van der Waals surface area contributed by atoms with Crippen LogP contribution in [-0.4, -0.2) is 78.0 Å². The summed E-state index contributed by atoms with van der Waals surface area (Å²) in [6.07, 6.45) is 1.52. The molecule has 12 heteroatoms. The van der Waals surface area contributed by atoms with E-state index in [9.17, 15) is 18.4 Å². The molecule has 2 aliphatic heterocycles. The maximum absolute atomic E-state index is 14.8. The zero-order valence-electron chi connectivity index (χ0n) is 23.2. The second-order valence-corrected chi connectivity index (χ2v) is 9.78. The van der Waals surface area contributed by atoms with Crippen molar-refractivity contribution in [1.29, 1.82) is 0 Å². The van der Waals surface area contributed by atoms with Crippen LogP contribution in [0.4, 0.5) is 26.1 Å². The zero-order valence-corrected chi connectivity index (χ0v) is 23.2. The average molecular weight is 567 g/mol. The van der Waals surface area contributed by atoms with E-state index in [4.69, 9.17) is 9.47 Å². The summed E-state index contributed by atoms with van der Waals surface area (Å²) in [4.78, 5) is 39.0. The molecular weight excluding hydrogens is 534 g/mol. The second kappa shape index (κ2) is 12.0. The fraction of sp³-hybridized carbons (Fsp3) is 0.379. The lowest BCUT2D eigenvalue weighted by Crippen LogP contribution is -2.48. The summed E-state index contributed by atoms with van der Waals surface area (Å²) in [6, 6.07) is 7.44. The van der Waals surface area contributed by atoms with E-state index < -0.39 is 11.6 Å². The Morgan fingerprint density at radius 3 is 2.61 bits per heavy atom. The highest BCUT2D eigenvalue weighted by molar-refractivity contribution is 5.99. The molecule has 0 aliphatic carbocycles. The number of halogens is 2. The number of piperazine rings is 1. The van der Waals surface area contributed by atoms with Crippen molar-refractivity contribution >= 4 is 29.1 Å². The Hall–Kier alpha value is -4.32. The summed E-state index contributed by atoms with van der Waals surface area (Å²) in [7, 11) is 1.37. The van der Waals surface area contributed by atoms with Crippen LogP contribution in [0.3, 0.4) is 0 Å². The van der Waals surface area contributed by atoms with E-state index in [0.717, 1.165) is 17.8 Å². The lowest BCUT2D eigenvalue weighted by atomic mass is 10.1. The molecule has 216 valence electrons. The molecule has 3 heterocycles. The Balaban J connectivity index is 1.47. The number of rotatable bonds is 8. The van der Waals surface area contributed by atoms with Crippen molar-refractivity contribution < 1.29 is 27.8 Å². The second-order valence-electron chi connectivity index (χ2n) is 9.78. The van der Waals surface area contributed by atoms with Crippen molar-refractivity contribution in [2.75, 3.05) is 56.7 Å². The van der Waals surface area contributed by atoms with Crippen LogP contribution in [0.25, 0.3) is 11.3 Å². The predicted octanol–water partition coefficient (Wildman–Crippen LogP) is 3.97. The highest BCUT2D eigenvalue weighted by Gasteiger charge is 2.29. The summed E-state index contributed by atoms with van der Waals surface area (Å²) in [5, 5.41) is 3.14. The molecule has 0 spiro atoms. The van der Waals surface area contributed by atoms with Gasteiger partial charge in [-0.2, -0.15) is 0 Å². The number of nitrogens with one attached hydrogen (secondary N) is 1. The molecule has 1 saturated heterocycles. The summed E-state index contributed by atoms with van der Waals surface area (Å²) in [5.41, 5.74) is 2.28. The molecule has 1 fully saturated rings. The Morgan fingerprint density at radius 1 is 1.12 bits per heavy atom. The Bertz CT molecular complexity index is 1460. The van der Waals surface area contributed by atoms with Gasteiger partial charge in [0.05, 0.1) is 19.0 Å². The average Bonchev–Trinajstić information content (AvgIpc) is 2.98. The number of nitrogens with zero attached hydrogens (tertiary/aromatic N) is 5. The fourth-order valence-corrected chi connectivity index (χ4v) is 5.15. The van der Waals surface area contributed by atoms with Crippen molar-refractivity contribution in [3.05, 3.63) is 53.7 Å². The van der Waals surface area contributed by atoms with Crippen LogP contribution >= 0.6 is 0 Å². The Kier molecular flexibility index (Phi) is 8.29. The van der Waals surface area contributed by atoms with E-state index in [1.54, 1.807) is 11.0 Å². The van der Waals surface area contributed by atoms with Gasteiger partial charge in [-0.25, -0.2) is 18.7 Å². The molecule has 0 bridgehead atoms. The number of fused-ring (bicyclic) bond motifs is 1. The topological polar surface area (TPSA) is 100 Å². The molecule has 2 amide bonds. The Morgan fingerprint density at radius 2 is 1.90 bits per heavy atom. The van der Waals surface area contributed by atoms with Gasteiger partial charge in [-0.1, -0.05) is 6.92 Å². The van der Waals surface area contributed by atoms with Crippen LogP contribution in [0.15, 0.2) is 36.5 Å². The first-order valence-electron chi connectivity index (χ1n) is 13.5. The van der Waals surface area contributed by atoms with Gasteiger partial charge < -0.3 is 24.6 Å². The van der Waals surface area contributed by atoms with Crippen LogP contribution in [0.2, 0.25) is 0 Å². The van der Waals surface area contributed by atoms with Gasteiger partial charge in [0.2, 0.25) is 11.9 Å². The van der Waals surface area contributed by atoms with E-state index in [1.807, 2.05) is 24.8 Å². The van der Waals surface area contributed by atoms with Gasteiger partial charge in [-0.15, -0.1) is 0 Å². The molecule has 41 heavy (non-hydrogen) atoms. The maximum Gasteiger partial charge on any atom is 0.265 e. The first kappa shape index (κ1) is 28.2. The number of anilines is 3. The summed E-state index contributed by atoms with van der Waals surface area (Å²) in [6.45, 7) is 7.40. The monoisotopic (exact) mass is 566 g/mol. The van der Waals surface area contributed by atoms with Crippen LogP contribution in [0.5, 0.6) is 11.5 Å². The third-order valence-corrected chi connectivity index (χ3v) is 7.23. The van der Waals surface area contributed by atoms with Crippen molar-refractivity contribution in [2.45, 2.75) is 26.8 Å². The van der Waals surface area contributed by atoms with Gasteiger partial charge in [-0.05, 0) is 31.2 Å². The highest BCUT2D eigenvalue weighted by Crippen LogP contribution is 2.40. The highest BCUT2D eigenvalue weighted by atomic mass is 19.1. The van der Waals surface area contributed by atoms with Gasteiger partial charge >= 0.3 is 0 Å². The first-order chi connectivity index (χ1) is 19.8. The van der Waals surface area contributed by atoms with Gasteiger partial charge in [0.25, 0.3) is 5.91 Å². The number of amides is 2. The molecule has 0 saturated carbocycles. The smallest absolute Gasteiger partial charge is 0.265 e. The van der Waals surface area contributed by atoms with Crippen LogP contribution in [-0.2, 0) is 16.1 Å². The van der Waals surface area contributed by atoms with Crippen LogP contribution in [0, 0.1) is 11.6 Å². The van der Waals surface area contributed by atoms with Gasteiger partial charge in [-0.3, -0.25) is 14.5 Å². The minimum atomic E-state index is -0.691. The normalized spacial score (nSPS) is 15.4. The Labute approximate surface area is 236 Å². The quantitative estimate of drug-likeness (QED) is 0.437. The van der Waals surface area contributed by atoms with Crippen molar-refractivity contribution in [2.24, 2.45) is 0 Å². The fourth-order valence-electron chi connectivity index (χ4n) is 5.15. The minimum absolute atomic E-state index is 0.0503. The number of likely N-dealkylation sites (N-methyl/N-ethyl adjacent to an activating group) is 1. The summed E-state index contributed by atoms with van der Waals surface area (Å²) >= 11 is 0. The summed E-state index contributed by atoms with van der Waals surface area (Å²) in [5.74, 6) is -0.347. The third kappa shape index (κ3) is 5.92. The van der Waals surface area contributed by atoms with Crippen molar-refractivity contribution in [3.8, 4) is 22.8 Å². The van der Waals surface area contributed by atoms with E-state index in [0.29, 0.717) is 62.8 Å². The van der Waals surface area contributed by atoms with E-state index in [2.05, 4.69) is 20.2 Å². The number of carbonyl (C=O) groups excluding carboxylic acids is 2. The molecule has 10 nitrogen and oxygen atoms in total. The molecular formula is C29H32F2N6O4. The molecule has 1 N–H and O–H groups in total. The van der Waals surface area contributed by atoms with E-state index in [-0.39, 0.29) is 41.4 Å². The number of methoxy groups -OCH3 is 1. The van der Waals surface area contributed by atoms with Gasteiger partial charge in [0.15, 0.2) is 12.4 Å². The number of ether oxygens (including phenoxy) is 2. The molecule has 2 aliphatic rings. The van der Waals surface area contributed by atoms with E-state index in [1.165, 1.54) is 19.2 Å². The molecule has 0 atom stereocenters. The molecule has 5 rings (SSSR count). The van der Waals surface area contributed by atoms with Gasteiger partial charge in [0.1, 0.15) is 23.0 Å². The molecule has 0 radical (unpaired) electrons. The lowest BCUT2D eigenvalue weighted by molar-refractivity contribution is -0.132. The lowest BCUT2D eigenvalue weighted by Gasteiger charge is -2.36. The van der Waals surface area contributed by atoms with Crippen LogP contribution in [0.1, 0.15) is 25.8 Å². The number of aromatic nitrogens is 2. The van der Waals surface area contributed by atoms with Crippen molar-refractivity contribution in [1.82, 2.24) is 19.8 Å². The zero-order chi connectivity index (χ0) is 29.1. The standard InChI is InChI=1S/C29H32F2N6O4/c1-4-25(38)36-10-8-35(9-11-36)16-18-12-20(14-23-28(18)41-17-26(39)37(23)5-2)33-29-32-15-22(31)27(34-29)21-7-6-19(30)13-24(21)40-3/h6-7,12-15H,4-5,8-11,16-17H2,1-3H3,(H,32,33,34). The maximum atomic E-state index is 14.8. The SMILES string of the molecule is CCC(=O)N1CCN(Cc2cc(Nc3ncc(F)c(-c4ccc(F)cc4OC)n3)cc3c2OCC(=O)N3CC)CC1. The number of hydrogen-bond donors (Lipinski definition) is 1. The minimum Gasteiger partial charge on any atom is -0.496 e. The molecule has 2 aromatic carbocycles. The summed E-state index contributed by atoms with van der Waals surface area (Å²) < 4.78 is 39.7. The van der Waals surface area contributed by atoms with Gasteiger partial charge in [0, 0.05) is 68.6 Å². The van der Waals surface area contributed by atoms with E-state index >= 15 is 0 Å². The van der Waals surface area contributed by atoms with Crippen molar-refractivity contribution in [3.63, 3.8) is 0 Å².